The van der Waals surface area contributed by atoms with Crippen molar-refractivity contribution in [2.45, 2.75) is 13.5 Å². The first kappa shape index (κ1) is 11.5. The molecule has 1 N–H and O–H groups in total. The van der Waals surface area contributed by atoms with Gasteiger partial charge in [-0.2, -0.15) is 0 Å². The maximum absolute atomic E-state index is 11.6. The first-order chi connectivity index (χ1) is 8.15. The van der Waals surface area contributed by atoms with E-state index in [0.29, 0.717) is 10.8 Å². The standard InChI is InChI=1S/C10H10ClN5O/c1-7-4-8(5-12-10(7)11)14-9(17)6-16-3-2-13-15-16/h2-5H,6H2,1H3,(H,14,17). The van der Waals surface area contributed by atoms with Crippen LogP contribution in [-0.2, 0) is 11.3 Å². The van der Waals surface area contributed by atoms with Gasteiger partial charge in [-0.05, 0) is 18.6 Å². The van der Waals surface area contributed by atoms with Gasteiger partial charge in [0.2, 0.25) is 5.91 Å². The smallest absolute Gasteiger partial charge is 0.246 e. The SMILES string of the molecule is Cc1cc(NC(=O)Cn2ccnn2)cnc1Cl. The Morgan fingerprint density at radius 3 is 3.06 bits per heavy atom. The number of hydrogen-bond acceptors (Lipinski definition) is 4. The van der Waals surface area contributed by atoms with E-state index >= 15 is 0 Å². The first-order valence-corrected chi connectivity index (χ1v) is 5.29. The van der Waals surface area contributed by atoms with Crippen molar-refractivity contribution in [3.63, 3.8) is 0 Å². The van der Waals surface area contributed by atoms with Crippen LogP contribution in [0, 0.1) is 6.92 Å². The van der Waals surface area contributed by atoms with Crippen LogP contribution in [0.5, 0.6) is 0 Å². The van der Waals surface area contributed by atoms with Crippen LogP contribution in [0.15, 0.2) is 24.7 Å². The molecule has 1 amide bonds. The molecule has 6 nitrogen and oxygen atoms in total. The molecule has 0 saturated carbocycles. The molecule has 2 aromatic rings. The number of nitrogens with one attached hydrogen (secondary N) is 1. The molecule has 2 heterocycles. The van der Waals surface area contributed by atoms with Gasteiger partial charge >= 0.3 is 0 Å². The Kier molecular flexibility index (Phi) is 3.34. The van der Waals surface area contributed by atoms with Gasteiger partial charge in [0, 0.05) is 6.20 Å². The highest BCUT2D eigenvalue weighted by molar-refractivity contribution is 6.30. The lowest BCUT2D eigenvalue weighted by Gasteiger charge is -2.06. The van der Waals surface area contributed by atoms with Gasteiger partial charge in [-0.25, -0.2) is 9.67 Å². The molecule has 0 saturated heterocycles. The molecule has 0 atom stereocenters. The molecule has 7 heteroatoms. The average Bonchev–Trinajstić information content (AvgIpc) is 2.76. The largest absolute Gasteiger partial charge is 0.323 e. The van der Waals surface area contributed by atoms with Crippen LogP contribution < -0.4 is 5.32 Å². The second kappa shape index (κ2) is 4.92. The van der Waals surface area contributed by atoms with Crippen molar-refractivity contribution in [3.8, 4) is 0 Å². The van der Waals surface area contributed by atoms with E-state index < -0.39 is 0 Å². The monoisotopic (exact) mass is 251 g/mol. The molecule has 2 rings (SSSR count). The van der Waals surface area contributed by atoms with Crippen molar-refractivity contribution in [2.24, 2.45) is 0 Å². The molecule has 0 aliphatic rings. The molecule has 0 aliphatic carbocycles. The van der Waals surface area contributed by atoms with Gasteiger partial charge in [-0.3, -0.25) is 4.79 Å². The summed E-state index contributed by atoms with van der Waals surface area (Å²) in [6, 6.07) is 1.76. The zero-order valence-electron chi connectivity index (χ0n) is 9.09. The van der Waals surface area contributed by atoms with E-state index in [1.54, 1.807) is 12.3 Å². The Morgan fingerprint density at radius 1 is 1.59 bits per heavy atom. The number of aryl methyl sites for hydroxylation is 1. The molecule has 2 aromatic heterocycles. The molecular weight excluding hydrogens is 242 g/mol. The summed E-state index contributed by atoms with van der Waals surface area (Å²) >= 11 is 5.79. The third-order valence-corrected chi connectivity index (χ3v) is 2.47. The molecular formula is C10H10ClN5O. The third kappa shape index (κ3) is 3.01. The van der Waals surface area contributed by atoms with Crippen LogP contribution in [0.1, 0.15) is 5.56 Å². The van der Waals surface area contributed by atoms with Gasteiger partial charge in [-0.1, -0.05) is 16.8 Å². The van der Waals surface area contributed by atoms with Gasteiger partial charge in [0.25, 0.3) is 0 Å². The summed E-state index contributed by atoms with van der Waals surface area (Å²) in [5.74, 6) is -0.195. The summed E-state index contributed by atoms with van der Waals surface area (Å²) in [4.78, 5) is 15.6. The fraction of sp³-hybridized carbons (Fsp3) is 0.200. The molecule has 0 aliphatic heterocycles. The van der Waals surface area contributed by atoms with Crippen molar-refractivity contribution >= 4 is 23.2 Å². The van der Waals surface area contributed by atoms with Gasteiger partial charge in [0.15, 0.2) is 0 Å². The molecule has 17 heavy (non-hydrogen) atoms. The number of aromatic nitrogens is 4. The second-order valence-electron chi connectivity index (χ2n) is 3.48. The van der Waals surface area contributed by atoms with Gasteiger partial charge < -0.3 is 5.32 Å². The Bertz CT molecular complexity index is 525. The summed E-state index contributed by atoms with van der Waals surface area (Å²) in [6.07, 6.45) is 4.64. The Balaban J connectivity index is 2.00. The summed E-state index contributed by atoms with van der Waals surface area (Å²) in [7, 11) is 0. The highest BCUT2D eigenvalue weighted by Gasteiger charge is 2.05. The number of anilines is 1. The van der Waals surface area contributed by atoms with Crippen LogP contribution in [-0.4, -0.2) is 25.9 Å². The zero-order chi connectivity index (χ0) is 12.3. The number of carbonyl (C=O) groups is 1. The minimum absolute atomic E-state index is 0.113. The lowest BCUT2D eigenvalue weighted by Crippen LogP contribution is -2.19. The van der Waals surface area contributed by atoms with Gasteiger partial charge in [0.1, 0.15) is 11.7 Å². The van der Waals surface area contributed by atoms with Crippen molar-refractivity contribution in [2.75, 3.05) is 5.32 Å². The highest BCUT2D eigenvalue weighted by atomic mass is 35.5. The average molecular weight is 252 g/mol. The molecule has 0 unspecified atom stereocenters. The first-order valence-electron chi connectivity index (χ1n) is 4.91. The van der Waals surface area contributed by atoms with Crippen LogP contribution in [0.25, 0.3) is 0 Å². The zero-order valence-corrected chi connectivity index (χ0v) is 9.85. The Hall–Kier alpha value is -1.95. The summed E-state index contributed by atoms with van der Waals surface area (Å²) in [6.45, 7) is 1.93. The number of pyridine rings is 1. The number of carbonyl (C=O) groups excluding carboxylic acids is 1. The minimum Gasteiger partial charge on any atom is -0.323 e. The maximum Gasteiger partial charge on any atom is 0.246 e. The van der Waals surface area contributed by atoms with E-state index in [9.17, 15) is 4.79 Å². The Morgan fingerprint density at radius 2 is 2.41 bits per heavy atom. The molecule has 0 radical (unpaired) electrons. The van der Waals surface area contributed by atoms with E-state index in [1.807, 2.05) is 6.92 Å². The van der Waals surface area contributed by atoms with Crippen molar-refractivity contribution in [1.29, 1.82) is 0 Å². The van der Waals surface area contributed by atoms with Crippen LogP contribution >= 0.6 is 11.6 Å². The fourth-order valence-corrected chi connectivity index (χ4v) is 1.39. The molecule has 0 spiro atoms. The normalized spacial score (nSPS) is 10.2. The highest BCUT2D eigenvalue weighted by Crippen LogP contribution is 2.15. The molecule has 0 aromatic carbocycles. The third-order valence-electron chi connectivity index (χ3n) is 2.08. The summed E-state index contributed by atoms with van der Waals surface area (Å²) < 4.78 is 1.44. The lowest BCUT2D eigenvalue weighted by atomic mass is 10.3. The van der Waals surface area contributed by atoms with Crippen molar-refractivity contribution < 1.29 is 4.79 Å². The van der Waals surface area contributed by atoms with E-state index in [4.69, 9.17) is 11.6 Å². The van der Waals surface area contributed by atoms with Gasteiger partial charge in [-0.15, -0.1) is 5.10 Å². The fourth-order valence-electron chi connectivity index (χ4n) is 1.29. The second-order valence-corrected chi connectivity index (χ2v) is 3.84. The van der Waals surface area contributed by atoms with Crippen LogP contribution in [0.4, 0.5) is 5.69 Å². The van der Waals surface area contributed by atoms with Crippen LogP contribution in [0.2, 0.25) is 5.15 Å². The number of halogens is 1. The molecule has 0 bridgehead atoms. The van der Waals surface area contributed by atoms with E-state index in [0.717, 1.165) is 5.56 Å². The van der Waals surface area contributed by atoms with E-state index in [2.05, 4.69) is 20.6 Å². The Labute approximate surface area is 103 Å². The number of nitrogens with zero attached hydrogens (tertiary/aromatic N) is 4. The van der Waals surface area contributed by atoms with Gasteiger partial charge in [0.05, 0.1) is 18.1 Å². The van der Waals surface area contributed by atoms with Crippen molar-refractivity contribution in [3.05, 3.63) is 35.4 Å². The summed E-state index contributed by atoms with van der Waals surface area (Å²) in [5, 5.41) is 10.4. The van der Waals surface area contributed by atoms with E-state index in [1.165, 1.54) is 17.1 Å². The maximum atomic E-state index is 11.6. The predicted molar refractivity (Wildman–Crippen MR) is 62.6 cm³/mol. The number of rotatable bonds is 3. The molecule has 0 fully saturated rings. The van der Waals surface area contributed by atoms with Crippen molar-refractivity contribution in [1.82, 2.24) is 20.0 Å². The van der Waals surface area contributed by atoms with Crippen LogP contribution in [0.3, 0.4) is 0 Å². The summed E-state index contributed by atoms with van der Waals surface area (Å²) in [5.41, 5.74) is 1.42. The minimum atomic E-state index is -0.195. The topological polar surface area (TPSA) is 72.7 Å². The van der Waals surface area contributed by atoms with E-state index in [-0.39, 0.29) is 12.5 Å². The number of amides is 1. The number of hydrogen-bond donors (Lipinski definition) is 1. The lowest BCUT2D eigenvalue weighted by molar-refractivity contribution is -0.116. The predicted octanol–water partition coefficient (Wildman–Crippen LogP) is 1.27. The molecule has 88 valence electrons. The quantitative estimate of drug-likeness (QED) is 0.834.